The van der Waals surface area contributed by atoms with Gasteiger partial charge in [-0.3, -0.25) is 4.79 Å². The molecule has 2 rings (SSSR count). The van der Waals surface area contributed by atoms with Crippen molar-refractivity contribution < 1.29 is 17.9 Å². The molecule has 5 nitrogen and oxygen atoms in total. The Balaban J connectivity index is 1.97. The third-order valence-electron chi connectivity index (χ3n) is 3.26. The fraction of sp³-hybridized carbons (Fsp3) is 0.188. The minimum atomic E-state index is -3.81. The van der Waals surface area contributed by atoms with Crippen molar-refractivity contribution in [2.45, 2.75) is 11.5 Å². The number of rotatable bonds is 6. The second-order valence-electron chi connectivity index (χ2n) is 5.12. The molecule has 0 heterocycles. The van der Waals surface area contributed by atoms with Crippen molar-refractivity contribution in [3.63, 3.8) is 0 Å². The number of hydrogen-bond acceptors (Lipinski definition) is 4. The maximum absolute atomic E-state index is 12.4. The summed E-state index contributed by atoms with van der Waals surface area (Å²) in [6.07, 6.45) is 0. The van der Waals surface area contributed by atoms with E-state index < -0.39 is 22.5 Å². The van der Waals surface area contributed by atoms with Crippen LogP contribution in [0.3, 0.4) is 0 Å². The van der Waals surface area contributed by atoms with Crippen LogP contribution in [0.1, 0.15) is 5.56 Å². The van der Waals surface area contributed by atoms with E-state index in [0.29, 0.717) is 20.6 Å². The molecule has 0 saturated carbocycles. The summed E-state index contributed by atoms with van der Waals surface area (Å²) in [6, 6.07) is 10.5. The second-order valence-corrected chi connectivity index (χ2v) is 8.42. The Labute approximate surface area is 161 Å². The highest BCUT2D eigenvalue weighted by molar-refractivity contribution is 7.89. The molecule has 0 aliphatic heterocycles. The van der Waals surface area contributed by atoms with E-state index in [1.807, 2.05) is 0 Å². The van der Waals surface area contributed by atoms with E-state index in [2.05, 4.69) is 0 Å². The molecule has 0 atom stereocenters. The van der Waals surface area contributed by atoms with Gasteiger partial charge in [0.15, 0.2) is 0 Å². The molecular formula is C16H14Cl3NO4S. The van der Waals surface area contributed by atoms with Gasteiger partial charge in [-0.15, -0.1) is 0 Å². The Kier molecular flexibility index (Phi) is 6.71. The molecule has 0 aromatic heterocycles. The Morgan fingerprint density at radius 3 is 2.28 bits per heavy atom. The molecule has 0 N–H and O–H groups in total. The zero-order valence-corrected chi connectivity index (χ0v) is 16.2. The zero-order valence-electron chi connectivity index (χ0n) is 13.1. The maximum atomic E-state index is 12.4. The molecule has 0 amide bonds. The van der Waals surface area contributed by atoms with E-state index in [1.54, 1.807) is 18.2 Å². The van der Waals surface area contributed by atoms with E-state index in [1.165, 1.54) is 31.3 Å². The van der Waals surface area contributed by atoms with Crippen molar-refractivity contribution in [1.82, 2.24) is 4.31 Å². The summed E-state index contributed by atoms with van der Waals surface area (Å²) in [5.41, 5.74) is 0.644. The summed E-state index contributed by atoms with van der Waals surface area (Å²) in [5, 5.41) is 1.16. The van der Waals surface area contributed by atoms with Crippen molar-refractivity contribution in [2.24, 2.45) is 0 Å². The fourth-order valence-electron chi connectivity index (χ4n) is 1.89. The van der Waals surface area contributed by atoms with Crippen LogP contribution in [0.25, 0.3) is 0 Å². The molecule has 134 valence electrons. The minimum Gasteiger partial charge on any atom is -0.460 e. The van der Waals surface area contributed by atoms with Gasteiger partial charge in [0.25, 0.3) is 0 Å². The Morgan fingerprint density at radius 2 is 1.68 bits per heavy atom. The first-order chi connectivity index (χ1) is 11.7. The predicted molar refractivity (Wildman–Crippen MR) is 97.5 cm³/mol. The highest BCUT2D eigenvalue weighted by Gasteiger charge is 2.23. The monoisotopic (exact) mass is 421 g/mol. The number of carbonyl (C=O) groups excluding carboxylic acids is 1. The van der Waals surface area contributed by atoms with Gasteiger partial charge in [0, 0.05) is 12.1 Å². The zero-order chi connectivity index (χ0) is 18.6. The Bertz CT molecular complexity index is 869. The van der Waals surface area contributed by atoms with Crippen LogP contribution in [0, 0.1) is 0 Å². The molecule has 2 aromatic rings. The highest BCUT2D eigenvalue weighted by atomic mass is 35.5. The molecular weight excluding hydrogens is 409 g/mol. The van der Waals surface area contributed by atoms with Crippen LogP contribution in [0.2, 0.25) is 15.1 Å². The molecule has 0 radical (unpaired) electrons. The van der Waals surface area contributed by atoms with Crippen molar-refractivity contribution >= 4 is 50.8 Å². The number of halogens is 3. The lowest BCUT2D eigenvalue weighted by atomic mass is 10.2. The summed E-state index contributed by atoms with van der Waals surface area (Å²) in [4.78, 5) is 11.9. The molecule has 25 heavy (non-hydrogen) atoms. The standard InChI is InChI=1S/C16H14Cl3NO4S/c1-20(25(22,23)13-5-3-12(17)4-6-13)9-16(21)24-10-11-2-7-14(18)15(19)8-11/h2-8H,9-10H2,1H3. The van der Waals surface area contributed by atoms with Gasteiger partial charge in [-0.05, 0) is 42.0 Å². The van der Waals surface area contributed by atoms with E-state index in [0.717, 1.165) is 4.31 Å². The van der Waals surface area contributed by atoms with Gasteiger partial charge in [-0.2, -0.15) is 4.31 Å². The van der Waals surface area contributed by atoms with E-state index >= 15 is 0 Å². The van der Waals surface area contributed by atoms with Crippen LogP contribution in [0.5, 0.6) is 0 Å². The Hall–Kier alpha value is -1.31. The smallest absolute Gasteiger partial charge is 0.321 e. The molecule has 0 aliphatic carbocycles. The predicted octanol–water partition coefficient (Wildman–Crippen LogP) is 4.01. The van der Waals surface area contributed by atoms with E-state index in [9.17, 15) is 13.2 Å². The number of carbonyl (C=O) groups is 1. The van der Waals surface area contributed by atoms with Crippen molar-refractivity contribution in [2.75, 3.05) is 13.6 Å². The molecule has 2 aromatic carbocycles. The largest absolute Gasteiger partial charge is 0.460 e. The van der Waals surface area contributed by atoms with E-state index in [4.69, 9.17) is 39.5 Å². The normalized spacial score (nSPS) is 11.6. The molecule has 0 saturated heterocycles. The third kappa shape index (κ3) is 5.33. The molecule has 9 heteroatoms. The number of nitrogens with zero attached hydrogens (tertiary/aromatic N) is 1. The fourth-order valence-corrected chi connectivity index (χ4v) is 3.45. The second kappa shape index (κ2) is 8.38. The third-order valence-corrected chi connectivity index (χ3v) is 6.07. The van der Waals surface area contributed by atoms with Crippen LogP contribution in [-0.2, 0) is 26.2 Å². The van der Waals surface area contributed by atoms with Gasteiger partial charge < -0.3 is 4.74 Å². The molecule has 0 unspecified atom stereocenters. The van der Waals surface area contributed by atoms with Gasteiger partial charge in [-0.1, -0.05) is 40.9 Å². The van der Waals surface area contributed by atoms with Gasteiger partial charge >= 0.3 is 5.97 Å². The van der Waals surface area contributed by atoms with Gasteiger partial charge in [0.2, 0.25) is 10.0 Å². The number of ether oxygens (including phenoxy) is 1. The van der Waals surface area contributed by atoms with Gasteiger partial charge in [0.05, 0.1) is 14.9 Å². The first-order valence-corrected chi connectivity index (χ1v) is 9.59. The van der Waals surface area contributed by atoms with Crippen LogP contribution in [0.15, 0.2) is 47.4 Å². The lowest BCUT2D eigenvalue weighted by Crippen LogP contribution is -2.33. The quantitative estimate of drug-likeness (QED) is 0.660. The number of esters is 1. The van der Waals surface area contributed by atoms with Gasteiger partial charge in [0.1, 0.15) is 13.2 Å². The molecule has 0 spiro atoms. The van der Waals surface area contributed by atoms with Crippen molar-refractivity contribution in [3.05, 3.63) is 63.1 Å². The first kappa shape index (κ1) is 20.0. The number of likely N-dealkylation sites (N-methyl/N-ethyl adjacent to an activating group) is 1. The lowest BCUT2D eigenvalue weighted by Gasteiger charge is -2.16. The maximum Gasteiger partial charge on any atom is 0.321 e. The topological polar surface area (TPSA) is 63.7 Å². The average Bonchev–Trinajstić information content (AvgIpc) is 2.56. The van der Waals surface area contributed by atoms with Crippen LogP contribution in [-0.4, -0.2) is 32.3 Å². The summed E-state index contributed by atoms with van der Waals surface area (Å²) in [5.74, 6) is -0.689. The number of benzene rings is 2. The summed E-state index contributed by atoms with van der Waals surface area (Å²) < 4.78 is 30.7. The van der Waals surface area contributed by atoms with Crippen LogP contribution in [0.4, 0.5) is 0 Å². The Morgan fingerprint density at radius 1 is 1.04 bits per heavy atom. The molecule has 0 aliphatic rings. The lowest BCUT2D eigenvalue weighted by molar-refractivity contribution is -0.144. The van der Waals surface area contributed by atoms with Gasteiger partial charge in [-0.25, -0.2) is 8.42 Å². The SMILES string of the molecule is CN(CC(=O)OCc1ccc(Cl)c(Cl)c1)S(=O)(=O)c1ccc(Cl)cc1. The summed E-state index contributed by atoms with van der Waals surface area (Å²) in [6.45, 7) is -0.461. The number of hydrogen-bond donors (Lipinski definition) is 0. The van der Waals surface area contributed by atoms with Crippen molar-refractivity contribution in [3.8, 4) is 0 Å². The van der Waals surface area contributed by atoms with Crippen LogP contribution < -0.4 is 0 Å². The molecule has 0 fully saturated rings. The summed E-state index contributed by atoms with van der Waals surface area (Å²) in [7, 11) is -2.51. The molecule has 0 bridgehead atoms. The first-order valence-electron chi connectivity index (χ1n) is 7.01. The van der Waals surface area contributed by atoms with Crippen molar-refractivity contribution in [1.29, 1.82) is 0 Å². The summed E-state index contributed by atoms with van der Waals surface area (Å²) >= 11 is 17.4. The average molecular weight is 423 g/mol. The minimum absolute atomic E-state index is 0.0371. The number of sulfonamides is 1. The van der Waals surface area contributed by atoms with Crippen LogP contribution >= 0.6 is 34.8 Å². The van der Waals surface area contributed by atoms with E-state index in [-0.39, 0.29) is 11.5 Å². The highest BCUT2D eigenvalue weighted by Crippen LogP contribution is 2.23.